The van der Waals surface area contributed by atoms with E-state index in [2.05, 4.69) is 15.0 Å². The van der Waals surface area contributed by atoms with Crippen LogP contribution in [0, 0.1) is 5.82 Å². The van der Waals surface area contributed by atoms with Crippen molar-refractivity contribution in [3.63, 3.8) is 0 Å². The van der Waals surface area contributed by atoms with Crippen molar-refractivity contribution in [2.75, 3.05) is 11.9 Å². The molecule has 2 rings (SSSR count). The van der Waals surface area contributed by atoms with Crippen LogP contribution in [0.15, 0.2) is 6.07 Å². The molecular weight excluding hydrogens is 403 g/mol. The second-order valence-electron chi connectivity index (χ2n) is 5.70. The average molecular weight is 423 g/mol. The van der Waals surface area contributed by atoms with Gasteiger partial charge in [0.1, 0.15) is 5.56 Å². The lowest BCUT2D eigenvalue weighted by atomic mass is 9.92. The minimum atomic E-state index is -4.63. The minimum Gasteiger partial charge on any atom is -0.467 e. The molecule has 26 heavy (non-hydrogen) atoms. The van der Waals surface area contributed by atoms with E-state index in [1.54, 1.807) is 0 Å². The van der Waals surface area contributed by atoms with Crippen LogP contribution >= 0.6 is 24.8 Å². The fraction of sp³-hybridized carbons (Fsp3) is 0.571. The van der Waals surface area contributed by atoms with E-state index in [1.165, 1.54) is 0 Å². The lowest BCUT2D eigenvalue weighted by Gasteiger charge is -2.27. The molecule has 150 valence electrons. The third-order valence-corrected chi connectivity index (χ3v) is 3.69. The molecule has 1 saturated carbocycles. The zero-order valence-electron chi connectivity index (χ0n) is 13.5. The second-order valence-corrected chi connectivity index (χ2v) is 5.70. The third kappa shape index (κ3) is 7.00. The topological polar surface area (TPSA) is 103 Å². The van der Waals surface area contributed by atoms with Crippen molar-refractivity contribution in [1.82, 2.24) is 4.98 Å². The average Bonchev–Trinajstić information content (AvgIpc) is 2.48. The van der Waals surface area contributed by atoms with Crippen LogP contribution < -0.4 is 21.5 Å². The number of pyridine rings is 1. The molecule has 12 heteroatoms. The van der Waals surface area contributed by atoms with Gasteiger partial charge in [0, 0.05) is 12.1 Å². The number of amides is 1. The van der Waals surface area contributed by atoms with E-state index in [4.69, 9.17) is 11.5 Å². The lowest BCUT2D eigenvalue weighted by Crippen LogP contribution is -2.33. The Morgan fingerprint density at radius 3 is 2.35 bits per heavy atom. The van der Waals surface area contributed by atoms with Gasteiger partial charge in [0.25, 0.3) is 5.91 Å². The number of nitrogens with one attached hydrogen (secondary N) is 1. The number of alkyl halides is 3. The van der Waals surface area contributed by atoms with Gasteiger partial charge in [0.15, 0.2) is 18.2 Å². The molecule has 1 amide bonds. The van der Waals surface area contributed by atoms with Crippen LogP contribution in [-0.2, 0) is 0 Å². The highest BCUT2D eigenvalue weighted by Gasteiger charge is 2.30. The zero-order valence-corrected chi connectivity index (χ0v) is 15.1. The van der Waals surface area contributed by atoms with Crippen LogP contribution in [0.2, 0.25) is 0 Å². The number of hydrogen-bond donors (Lipinski definition) is 3. The summed E-state index contributed by atoms with van der Waals surface area (Å²) in [6.07, 6.45) is -1.78. The maximum Gasteiger partial charge on any atom is 0.422 e. The molecule has 6 nitrogen and oxygen atoms in total. The number of carbonyl (C=O) groups excluding carboxylic acids is 1. The molecule has 1 aromatic heterocycles. The molecule has 1 fully saturated rings. The highest BCUT2D eigenvalue weighted by molar-refractivity contribution is 5.95. The molecule has 1 aromatic rings. The Morgan fingerprint density at radius 2 is 1.85 bits per heavy atom. The van der Waals surface area contributed by atoms with Crippen molar-refractivity contribution in [3.05, 3.63) is 17.4 Å². The normalized spacial score (nSPS) is 19.7. The van der Waals surface area contributed by atoms with Crippen LogP contribution in [0.3, 0.4) is 0 Å². The fourth-order valence-electron chi connectivity index (χ4n) is 2.47. The zero-order chi connectivity index (χ0) is 17.9. The standard InChI is InChI=1S/C14H18F4N4O2.2ClH/c15-10-5-9(11(20)23)13(24-6-14(16,17)18)22-12(10)21-8-3-1-7(19)2-4-8;;/h5,7-8H,1-4,6,19H2,(H2,20,23)(H,21,22);2*1H. The molecule has 0 saturated heterocycles. The number of hydrogen-bond acceptors (Lipinski definition) is 5. The SMILES string of the molecule is Cl.Cl.NC(=O)c1cc(F)c(NC2CCC(N)CC2)nc1OCC(F)(F)F. The lowest BCUT2D eigenvalue weighted by molar-refractivity contribution is -0.154. The van der Waals surface area contributed by atoms with Crippen molar-refractivity contribution < 1.29 is 27.1 Å². The number of carbonyl (C=O) groups is 1. The van der Waals surface area contributed by atoms with Crippen molar-refractivity contribution >= 4 is 36.5 Å². The predicted molar refractivity (Wildman–Crippen MR) is 92.6 cm³/mol. The number of primary amides is 1. The number of halogens is 6. The summed E-state index contributed by atoms with van der Waals surface area (Å²) in [5.74, 6) is -2.96. The maximum absolute atomic E-state index is 14.1. The van der Waals surface area contributed by atoms with E-state index in [1.807, 2.05) is 0 Å². The molecule has 0 atom stereocenters. The molecule has 0 aliphatic heterocycles. The summed E-state index contributed by atoms with van der Waals surface area (Å²) in [5, 5.41) is 2.82. The molecule has 1 aliphatic carbocycles. The summed E-state index contributed by atoms with van der Waals surface area (Å²) < 4.78 is 55.4. The van der Waals surface area contributed by atoms with Gasteiger partial charge in [-0.25, -0.2) is 4.39 Å². The third-order valence-electron chi connectivity index (χ3n) is 3.69. The maximum atomic E-state index is 14.1. The van der Waals surface area contributed by atoms with Gasteiger partial charge in [-0.1, -0.05) is 0 Å². The van der Waals surface area contributed by atoms with Crippen molar-refractivity contribution in [1.29, 1.82) is 0 Å². The Kier molecular flexibility index (Phi) is 9.40. The second kappa shape index (κ2) is 9.98. The first kappa shape index (κ1) is 24.5. The summed E-state index contributed by atoms with van der Waals surface area (Å²) in [6.45, 7) is -1.66. The van der Waals surface area contributed by atoms with Crippen molar-refractivity contribution in [2.24, 2.45) is 11.5 Å². The van der Waals surface area contributed by atoms with E-state index in [9.17, 15) is 22.4 Å². The molecule has 1 aliphatic rings. The minimum absolute atomic E-state index is 0. The molecular formula is C14H20Cl2F4N4O2. The van der Waals surface area contributed by atoms with Crippen LogP contribution in [0.25, 0.3) is 0 Å². The van der Waals surface area contributed by atoms with Crippen LogP contribution in [0.4, 0.5) is 23.4 Å². The Morgan fingerprint density at radius 1 is 1.27 bits per heavy atom. The van der Waals surface area contributed by atoms with Crippen LogP contribution in [0.5, 0.6) is 5.88 Å². The molecule has 0 radical (unpaired) electrons. The monoisotopic (exact) mass is 422 g/mol. The Bertz CT molecular complexity index is 611. The number of anilines is 1. The molecule has 0 unspecified atom stereocenters. The number of aromatic nitrogens is 1. The summed E-state index contributed by atoms with van der Waals surface area (Å²) >= 11 is 0. The number of nitrogens with zero attached hydrogens (tertiary/aromatic N) is 1. The quantitative estimate of drug-likeness (QED) is 0.632. The largest absolute Gasteiger partial charge is 0.467 e. The Labute approximate surface area is 159 Å². The fourth-order valence-corrected chi connectivity index (χ4v) is 2.47. The van der Waals surface area contributed by atoms with Gasteiger partial charge in [-0.15, -0.1) is 24.8 Å². The first-order valence-electron chi connectivity index (χ1n) is 7.37. The van der Waals surface area contributed by atoms with Crippen LogP contribution in [-0.4, -0.2) is 35.8 Å². The molecule has 5 N–H and O–H groups in total. The molecule has 1 heterocycles. The summed E-state index contributed by atoms with van der Waals surface area (Å²) in [7, 11) is 0. The summed E-state index contributed by atoms with van der Waals surface area (Å²) in [4.78, 5) is 14.9. The van der Waals surface area contributed by atoms with Gasteiger partial charge in [-0.05, 0) is 31.7 Å². The van der Waals surface area contributed by atoms with Gasteiger partial charge in [-0.3, -0.25) is 4.79 Å². The Balaban J connectivity index is 0.00000312. The van der Waals surface area contributed by atoms with Crippen molar-refractivity contribution in [2.45, 2.75) is 43.9 Å². The summed E-state index contributed by atoms with van der Waals surface area (Å²) in [5.41, 5.74) is 10.3. The number of ether oxygens (including phenoxy) is 1. The van der Waals surface area contributed by atoms with Gasteiger partial charge in [0.2, 0.25) is 5.88 Å². The Hall–Kier alpha value is -1.52. The van der Waals surface area contributed by atoms with Gasteiger partial charge in [0.05, 0.1) is 0 Å². The molecule has 0 aromatic carbocycles. The number of nitrogens with two attached hydrogens (primary N) is 2. The van der Waals surface area contributed by atoms with Crippen molar-refractivity contribution in [3.8, 4) is 5.88 Å². The van der Waals surface area contributed by atoms with Gasteiger partial charge >= 0.3 is 6.18 Å². The van der Waals surface area contributed by atoms with E-state index in [0.717, 1.165) is 18.9 Å². The molecule has 0 spiro atoms. The highest BCUT2D eigenvalue weighted by Crippen LogP contribution is 2.27. The van der Waals surface area contributed by atoms with Crippen LogP contribution in [0.1, 0.15) is 36.0 Å². The van der Waals surface area contributed by atoms with Gasteiger partial charge < -0.3 is 21.5 Å². The predicted octanol–water partition coefficient (Wildman–Crippen LogP) is 2.79. The highest BCUT2D eigenvalue weighted by atomic mass is 35.5. The van der Waals surface area contributed by atoms with E-state index < -0.39 is 36.0 Å². The smallest absolute Gasteiger partial charge is 0.422 e. The van der Waals surface area contributed by atoms with E-state index >= 15 is 0 Å². The van der Waals surface area contributed by atoms with E-state index in [0.29, 0.717) is 12.8 Å². The van der Waals surface area contributed by atoms with E-state index in [-0.39, 0.29) is 42.7 Å². The molecule has 0 bridgehead atoms. The van der Waals surface area contributed by atoms with Gasteiger partial charge in [-0.2, -0.15) is 18.2 Å². The first-order valence-corrected chi connectivity index (χ1v) is 7.37. The summed E-state index contributed by atoms with van der Waals surface area (Å²) in [6, 6.07) is 0.697. The number of rotatable bonds is 5. The first-order chi connectivity index (χ1) is 11.2.